The Kier molecular flexibility index (Phi) is 4.50. The van der Waals surface area contributed by atoms with Gasteiger partial charge < -0.3 is 10.1 Å². The van der Waals surface area contributed by atoms with Gasteiger partial charge in [0.1, 0.15) is 0 Å². The minimum absolute atomic E-state index is 0.227. The maximum atomic E-state index is 13.8. The number of hydrogen-bond donors (Lipinski definition) is 1. The van der Waals surface area contributed by atoms with Gasteiger partial charge in [0.2, 0.25) is 5.95 Å². The summed E-state index contributed by atoms with van der Waals surface area (Å²) < 4.78 is 18.7. The number of nitrogens with zero attached hydrogens (tertiary/aromatic N) is 2. The third-order valence-corrected chi connectivity index (χ3v) is 2.93. The molecule has 0 saturated carbocycles. The highest BCUT2D eigenvalue weighted by atomic mass is 19.1. The number of anilines is 1. The molecule has 4 nitrogen and oxygen atoms in total. The third kappa shape index (κ3) is 3.04. The molecule has 106 valence electrons. The van der Waals surface area contributed by atoms with Crippen LogP contribution in [0.15, 0.2) is 24.4 Å². The van der Waals surface area contributed by atoms with Crippen LogP contribution in [0, 0.1) is 12.7 Å². The van der Waals surface area contributed by atoms with E-state index in [1.54, 1.807) is 18.3 Å². The molecule has 0 aliphatic heterocycles. The van der Waals surface area contributed by atoms with Crippen molar-refractivity contribution in [2.24, 2.45) is 0 Å². The molecule has 1 aromatic carbocycles. The van der Waals surface area contributed by atoms with Gasteiger partial charge in [-0.2, -0.15) is 0 Å². The summed E-state index contributed by atoms with van der Waals surface area (Å²) in [5, 5.41) is 3.13. The van der Waals surface area contributed by atoms with Crippen molar-refractivity contribution in [1.82, 2.24) is 9.97 Å². The molecule has 0 radical (unpaired) electrons. The molecule has 5 heteroatoms. The molecule has 0 spiro atoms. The normalized spacial score (nSPS) is 10.4. The standard InChI is InChI=1S/C15H18FN3O/c1-4-7-17-15-18-9-10(2)14(19-15)11-5-6-13(20-3)12(16)8-11/h5-6,8-9H,4,7H2,1-3H3,(H,17,18,19). The average Bonchev–Trinajstić information content (AvgIpc) is 2.46. The second kappa shape index (κ2) is 6.32. The van der Waals surface area contributed by atoms with Crippen LogP contribution in [-0.4, -0.2) is 23.6 Å². The van der Waals surface area contributed by atoms with E-state index >= 15 is 0 Å². The Hall–Kier alpha value is -2.17. The first kappa shape index (κ1) is 14.2. The van der Waals surface area contributed by atoms with Gasteiger partial charge in [0, 0.05) is 18.3 Å². The number of nitrogens with one attached hydrogen (secondary N) is 1. The van der Waals surface area contributed by atoms with Crippen LogP contribution in [0.4, 0.5) is 10.3 Å². The number of aromatic nitrogens is 2. The van der Waals surface area contributed by atoms with Crippen LogP contribution in [0.5, 0.6) is 5.75 Å². The van der Waals surface area contributed by atoms with Crippen LogP contribution in [-0.2, 0) is 0 Å². The lowest BCUT2D eigenvalue weighted by Gasteiger charge is -2.09. The molecule has 1 N–H and O–H groups in total. The number of rotatable bonds is 5. The van der Waals surface area contributed by atoms with Gasteiger partial charge in [-0.3, -0.25) is 0 Å². The van der Waals surface area contributed by atoms with E-state index in [1.165, 1.54) is 13.2 Å². The summed E-state index contributed by atoms with van der Waals surface area (Å²) in [6.07, 6.45) is 2.73. The molecule has 0 unspecified atom stereocenters. The maximum absolute atomic E-state index is 13.8. The molecule has 0 bridgehead atoms. The Balaban J connectivity index is 2.38. The molecule has 0 saturated heterocycles. The van der Waals surface area contributed by atoms with Crippen molar-refractivity contribution in [2.45, 2.75) is 20.3 Å². The van der Waals surface area contributed by atoms with E-state index in [1.807, 2.05) is 6.92 Å². The van der Waals surface area contributed by atoms with Crippen molar-refractivity contribution in [3.8, 4) is 17.0 Å². The highest BCUT2D eigenvalue weighted by Gasteiger charge is 2.10. The van der Waals surface area contributed by atoms with Crippen LogP contribution in [0.1, 0.15) is 18.9 Å². The Morgan fingerprint density at radius 3 is 2.80 bits per heavy atom. The largest absolute Gasteiger partial charge is 0.494 e. The summed E-state index contributed by atoms with van der Waals surface area (Å²) in [6, 6.07) is 4.82. The summed E-state index contributed by atoms with van der Waals surface area (Å²) in [4.78, 5) is 8.66. The predicted octanol–water partition coefficient (Wildman–Crippen LogP) is 3.42. The lowest BCUT2D eigenvalue weighted by atomic mass is 10.1. The van der Waals surface area contributed by atoms with Crippen molar-refractivity contribution in [2.75, 3.05) is 19.0 Å². The minimum atomic E-state index is -0.397. The molecule has 0 fully saturated rings. The Morgan fingerprint density at radius 2 is 2.15 bits per heavy atom. The van der Waals surface area contributed by atoms with Crippen molar-refractivity contribution in [3.05, 3.63) is 35.8 Å². The second-order valence-corrected chi connectivity index (χ2v) is 4.50. The molecular weight excluding hydrogens is 257 g/mol. The van der Waals surface area contributed by atoms with E-state index in [0.717, 1.165) is 24.2 Å². The Labute approximate surface area is 118 Å². The molecule has 0 aliphatic carbocycles. The van der Waals surface area contributed by atoms with E-state index in [-0.39, 0.29) is 5.75 Å². The van der Waals surface area contributed by atoms with E-state index in [4.69, 9.17) is 4.74 Å². The number of methoxy groups -OCH3 is 1. The van der Waals surface area contributed by atoms with Gasteiger partial charge in [0.05, 0.1) is 12.8 Å². The summed E-state index contributed by atoms with van der Waals surface area (Å²) >= 11 is 0. The Bertz CT molecular complexity index is 602. The number of hydrogen-bond acceptors (Lipinski definition) is 4. The third-order valence-electron chi connectivity index (χ3n) is 2.93. The quantitative estimate of drug-likeness (QED) is 0.908. The van der Waals surface area contributed by atoms with Gasteiger partial charge in [-0.05, 0) is 37.1 Å². The second-order valence-electron chi connectivity index (χ2n) is 4.50. The number of aryl methyl sites for hydroxylation is 1. The van der Waals surface area contributed by atoms with Gasteiger partial charge in [0.25, 0.3) is 0 Å². The van der Waals surface area contributed by atoms with Crippen LogP contribution in [0.25, 0.3) is 11.3 Å². The highest BCUT2D eigenvalue weighted by molar-refractivity contribution is 5.64. The van der Waals surface area contributed by atoms with Gasteiger partial charge in [-0.25, -0.2) is 14.4 Å². The van der Waals surface area contributed by atoms with Gasteiger partial charge in [0.15, 0.2) is 11.6 Å². The first-order valence-electron chi connectivity index (χ1n) is 6.57. The lowest BCUT2D eigenvalue weighted by Crippen LogP contribution is -2.05. The lowest BCUT2D eigenvalue weighted by molar-refractivity contribution is 0.386. The molecule has 20 heavy (non-hydrogen) atoms. The molecule has 2 aromatic rings. The highest BCUT2D eigenvalue weighted by Crippen LogP contribution is 2.26. The maximum Gasteiger partial charge on any atom is 0.223 e. The number of benzene rings is 1. The summed E-state index contributed by atoms with van der Waals surface area (Å²) in [6.45, 7) is 4.78. The average molecular weight is 275 g/mol. The topological polar surface area (TPSA) is 47.0 Å². The summed E-state index contributed by atoms with van der Waals surface area (Å²) in [7, 11) is 1.45. The van der Waals surface area contributed by atoms with Gasteiger partial charge in [-0.15, -0.1) is 0 Å². The fourth-order valence-electron chi connectivity index (χ4n) is 1.87. The molecule has 1 aromatic heterocycles. The van der Waals surface area contributed by atoms with Gasteiger partial charge in [-0.1, -0.05) is 6.92 Å². The van der Waals surface area contributed by atoms with Crippen molar-refractivity contribution < 1.29 is 9.13 Å². The molecular formula is C15H18FN3O. The number of halogens is 1. The molecule has 2 rings (SSSR count). The molecule has 0 atom stereocenters. The fraction of sp³-hybridized carbons (Fsp3) is 0.333. The van der Waals surface area contributed by atoms with Gasteiger partial charge >= 0.3 is 0 Å². The molecule has 0 aliphatic rings. The zero-order chi connectivity index (χ0) is 14.5. The van der Waals surface area contributed by atoms with Crippen molar-refractivity contribution in [3.63, 3.8) is 0 Å². The van der Waals surface area contributed by atoms with E-state index in [0.29, 0.717) is 11.5 Å². The minimum Gasteiger partial charge on any atom is -0.494 e. The van der Waals surface area contributed by atoms with Crippen LogP contribution in [0.3, 0.4) is 0 Å². The SMILES string of the molecule is CCCNc1ncc(C)c(-c2ccc(OC)c(F)c2)n1. The smallest absolute Gasteiger partial charge is 0.223 e. The number of ether oxygens (including phenoxy) is 1. The van der Waals surface area contributed by atoms with Crippen LogP contribution in [0.2, 0.25) is 0 Å². The fourth-order valence-corrected chi connectivity index (χ4v) is 1.87. The molecule has 0 amide bonds. The predicted molar refractivity (Wildman–Crippen MR) is 77.5 cm³/mol. The summed E-state index contributed by atoms with van der Waals surface area (Å²) in [5.74, 6) is 0.388. The van der Waals surface area contributed by atoms with E-state index in [9.17, 15) is 4.39 Å². The monoisotopic (exact) mass is 275 g/mol. The van der Waals surface area contributed by atoms with E-state index in [2.05, 4.69) is 22.2 Å². The van der Waals surface area contributed by atoms with Crippen molar-refractivity contribution >= 4 is 5.95 Å². The van der Waals surface area contributed by atoms with Crippen molar-refractivity contribution in [1.29, 1.82) is 0 Å². The first-order valence-corrected chi connectivity index (χ1v) is 6.57. The zero-order valence-electron chi connectivity index (χ0n) is 11.9. The first-order chi connectivity index (χ1) is 9.65. The summed E-state index contributed by atoms with van der Waals surface area (Å²) in [5.41, 5.74) is 2.33. The van der Waals surface area contributed by atoms with Crippen LogP contribution >= 0.6 is 0 Å². The van der Waals surface area contributed by atoms with E-state index < -0.39 is 5.82 Å². The zero-order valence-corrected chi connectivity index (χ0v) is 11.9. The Morgan fingerprint density at radius 1 is 1.35 bits per heavy atom. The molecule has 1 heterocycles. The van der Waals surface area contributed by atoms with Crippen LogP contribution < -0.4 is 10.1 Å².